The van der Waals surface area contributed by atoms with E-state index in [0.29, 0.717) is 23.8 Å². The third kappa shape index (κ3) is 1.88. The average Bonchev–Trinajstić information content (AvgIpc) is 2.53. The summed E-state index contributed by atoms with van der Waals surface area (Å²) in [6.07, 6.45) is 0. The Hall–Kier alpha value is -1.56. The molecule has 0 amide bonds. The van der Waals surface area contributed by atoms with Crippen molar-refractivity contribution >= 4 is 15.9 Å². The van der Waals surface area contributed by atoms with E-state index in [1.165, 1.54) is 0 Å². The molecule has 1 aliphatic rings. The molecule has 0 spiro atoms. The van der Waals surface area contributed by atoms with Gasteiger partial charge in [0.2, 0.25) is 0 Å². The van der Waals surface area contributed by atoms with Crippen LogP contribution in [0.25, 0.3) is 0 Å². The van der Waals surface area contributed by atoms with Crippen molar-refractivity contribution in [2.45, 2.75) is 11.8 Å². The van der Waals surface area contributed by atoms with Crippen LogP contribution >= 0.6 is 0 Å². The molecule has 92 valence electrons. The fraction of sp³-hybridized carbons (Fsp3) is 0.364. The molecule has 1 aromatic rings. The summed E-state index contributed by atoms with van der Waals surface area (Å²) >= 11 is 0. The van der Waals surface area contributed by atoms with Crippen LogP contribution in [0.2, 0.25) is 0 Å². The number of sulfonamides is 1. The van der Waals surface area contributed by atoms with Crippen LogP contribution in [0.3, 0.4) is 0 Å². The van der Waals surface area contributed by atoms with E-state index in [2.05, 4.69) is 4.40 Å². The van der Waals surface area contributed by atoms with E-state index in [0.717, 1.165) is 0 Å². The first-order valence-electron chi connectivity index (χ1n) is 5.26. The zero-order valence-electron chi connectivity index (χ0n) is 9.97. The van der Waals surface area contributed by atoms with Gasteiger partial charge in [0.15, 0.2) is 5.84 Å². The SMILES string of the molecule is CCOc1cccc2c1C(N(C)C)=NS2(=O)=O. The molecule has 1 heterocycles. The van der Waals surface area contributed by atoms with Crippen molar-refractivity contribution in [3.8, 4) is 5.75 Å². The molecule has 1 aliphatic heterocycles. The third-order valence-corrected chi connectivity index (χ3v) is 3.73. The van der Waals surface area contributed by atoms with Gasteiger partial charge in [0.1, 0.15) is 10.6 Å². The number of benzene rings is 1. The van der Waals surface area contributed by atoms with Crippen molar-refractivity contribution in [2.24, 2.45) is 4.40 Å². The minimum absolute atomic E-state index is 0.215. The van der Waals surface area contributed by atoms with Crippen molar-refractivity contribution in [3.05, 3.63) is 23.8 Å². The van der Waals surface area contributed by atoms with Gasteiger partial charge >= 0.3 is 0 Å². The lowest BCUT2D eigenvalue weighted by Gasteiger charge is -2.15. The van der Waals surface area contributed by atoms with Gasteiger partial charge in [-0.2, -0.15) is 8.42 Å². The highest BCUT2D eigenvalue weighted by Crippen LogP contribution is 2.33. The lowest BCUT2D eigenvalue weighted by molar-refractivity contribution is 0.338. The summed E-state index contributed by atoms with van der Waals surface area (Å²) in [5.74, 6) is 0.975. The third-order valence-electron chi connectivity index (χ3n) is 2.42. The molecule has 17 heavy (non-hydrogen) atoms. The summed E-state index contributed by atoms with van der Waals surface area (Å²) in [5, 5.41) is 0. The number of fused-ring (bicyclic) bond motifs is 1. The maximum atomic E-state index is 11.9. The predicted octanol–water partition coefficient (Wildman–Crippen LogP) is 1.10. The Morgan fingerprint density at radius 2 is 2.06 bits per heavy atom. The Bertz CT molecular complexity index is 576. The molecule has 0 N–H and O–H groups in total. The lowest BCUT2D eigenvalue weighted by Crippen LogP contribution is -2.22. The van der Waals surface area contributed by atoms with Gasteiger partial charge < -0.3 is 9.64 Å². The minimum atomic E-state index is -3.57. The van der Waals surface area contributed by atoms with Gasteiger partial charge in [0.25, 0.3) is 10.0 Å². The molecule has 0 aromatic heterocycles. The van der Waals surface area contributed by atoms with Gasteiger partial charge in [-0.05, 0) is 19.1 Å². The van der Waals surface area contributed by atoms with Crippen molar-refractivity contribution in [2.75, 3.05) is 20.7 Å². The van der Waals surface area contributed by atoms with E-state index >= 15 is 0 Å². The van der Waals surface area contributed by atoms with E-state index in [1.54, 1.807) is 37.2 Å². The number of rotatable bonds is 2. The summed E-state index contributed by atoms with van der Waals surface area (Å²) in [6, 6.07) is 4.96. The Morgan fingerprint density at radius 1 is 1.35 bits per heavy atom. The van der Waals surface area contributed by atoms with Crippen molar-refractivity contribution < 1.29 is 13.2 Å². The second-order valence-corrected chi connectivity index (χ2v) is 5.42. The van der Waals surface area contributed by atoms with E-state index in [1.807, 2.05) is 6.92 Å². The molecule has 0 radical (unpaired) electrons. The highest BCUT2D eigenvalue weighted by Gasteiger charge is 2.32. The zero-order valence-corrected chi connectivity index (χ0v) is 10.8. The number of amidine groups is 1. The normalized spacial score (nSPS) is 16.3. The van der Waals surface area contributed by atoms with Crippen LogP contribution in [0.5, 0.6) is 5.75 Å². The maximum Gasteiger partial charge on any atom is 0.285 e. The molecule has 0 atom stereocenters. The molecule has 0 saturated carbocycles. The van der Waals surface area contributed by atoms with Gasteiger partial charge in [-0.15, -0.1) is 4.40 Å². The first-order chi connectivity index (χ1) is 7.97. The van der Waals surface area contributed by atoms with Crippen LogP contribution in [-0.2, 0) is 10.0 Å². The fourth-order valence-electron chi connectivity index (χ4n) is 1.74. The quantitative estimate of drug-likeness (QED) is 0.793. The number of ether oxygens (including phenoxy) is 1. The van der Waals surface area contributed by atoms with Gasteiger partial charge in [-0.1, -0.05) is 6.07 Å². The Balaban J connectivity index is 2.69. The molecule has 0 saturated heterocycles. The highest BCUT2D eigenvalue weighted by atomic mass is 32.2. The predicted molar refractivity (Wildman–Crippen MR) is 65.0 cm³/mol. The molecule has 6 heteroatoms. The summed E-state index contributed by atoms with van der Waals surface area (Å²) in [6.45, 7) is 2.34. The number of hydrogen-bond acceptors (Lipinski definition) is 4. The Morgan fingerprint density at radius 3 is 2.65 bits per heavy atom. The molecule has 0 fully saturated rings. The molecular weight excluding hydrogens is 240 g/mol. The van der Waals surface area contributed by atoms with Crippen molar-refractivity contribution in [1.82, 2.24) is 4.90 Å². The monoisotopic (exact) mass is 254 g/mol. The number of nitrogens with zero attached hydrogens (tertiary/aromatic N) is 2. The molecular formula is C11H14N2O3S. The van der Waals surface area contributed by atoms with Crippen molar-refractivity contribution in [3.63, 3.8) is 0 Å². The van der Waals surface area contributed by atoms with Gasteiger partial charge in [0, 0.05) is 14.1 Å². The van der Waals surface area contributed by atoms with Crippen LogP contribution in [0, 0.1) is 0 Å². The first kappa shape index (κ1) is 11.9. The molecule has 5 nitrogen and oxygen atoms in total. The van der Waals surface area contributed by atoms with Gasteiger partial charge in [0.05, 0.1) is 12.2 Å². The average molecular weight is 254 g/mol. The Kier molecular flexibility index (Phi) is 2.82. The summed E-state index contributed by atoms with van der Waals surface area (Å²) < 4.78 is 32.9. The summed E-state index contributed by atoms with van der Waals surface area (Å²) in [5.41, 5.74) is 0.555. The smallest absolute Gasteiger partial charge is 0.285 e. The second-order valence-electron chi connectivity index (χ2n) is 3.85. The van der Waals surface area contributed by atoms with E-state index in [9.17, 15) is 8.42 Å². The van der Waals surface area contributed by atoms with Crippen molar-refractivity contribution in [1.29, 1.82) is 0 Å². The Labute approximate surface area is 101 Å². The topological polar surface area (TPSA) is 59.0 Å². The maximum absolute atomic E-state index is 11.9. The largest absolute Gasteiger partial charge is 0.493 e. The minimum Gasteiger partial charge on any atom is -0.493 e. The summed E-state index contributed by atoms with van der Waals surface area (Å²) in [4.78, 5) is 1.89. The molecule has 0 bridgehead atoms. The molecule has 0 unspecified atom stereocenters. The standard InChI is InChI=1S/C11H14N2O3S/c1-4-16-8-6-5-7-9-10(8)11(13(2)3)12-17(9,14)15/h5-7H,4H2,1-3H3. The van der Waals surface area contributed by atoms with Crippen LogP contribution in [-0.4, -0.2) is 39.9 Å². The molecule has 0 aliphatic carbocycles. The molecule has 2 rings (SSSR count). The first-order valence-corrected chi connectivity index (χ1v) is 6.70. The van der Waals surface area contributed by atoms with Crippen LogP contribution in [0.1, 0.15) is 12.5 Å². The van der Waals surface area contributed by atoms with E-state index in [-0.39, 0.29) is 4.90 Å². The van der Waals surface area contributed by atoms with Crippen LogP contribution in [0.15, 0.2) is 27.5 Å². The van der Waals surface area contributed by atoms with Crippen LogP contribution < -0.4 is 4.74 Å². The summed E-state index contributed by atoms with van der Waals surface area (Å²) in [7, 11) is -0.0620. The molecule has 1 aromatic carbocycles. The van der Waals surface area contributed by atoms with E-state index in [4.69, 9.17) is 4.74 Å². The van der Waals surface area contributed by atoms with Gasteiger partial charge in [-0.25, -0.2) is 0 Å². The van der Waals surface area contributed by atoms with E-state index < -0.39 is 10.0 Å². The fourth-order valence-corrected chi connectivity index (χ4v) is 3.02. The second kappa shape index (κ2) is 4.03. The lowest BCUT2D eigenvalue weighted by atomic mass is 10.1. The zero-order chi connectivity index (χ0) is 12.6. The number of hydrogen-bond donors (Lipinski definition) is 0. The highest BCUT2D eigenvalue weighted by molar-refractivity contribution is 7.90. The van der Waals surface area contributed by atoms with Gasteiger partial charge in [-0.3, -0.25) is 0 Å². The van der Waals surface area contributed by atoms with Crippen LogP contribution in [0.4, 0.5) is 0 Å².